The maximum absolute atomic E-state index is 12.8. The summed E-state index contributed by atoms with van der Waals surface area (Å²) in [6.45, 7) is 0. The van der Waals surface area contributed by atoms with Gasteiger partial charge in [-0.1, -0.05) is 54.6 Å². The summed E-state index contributed by atoms with van der Waals surface area (Å²) in [5.41, 5.74) is 2.13. The summed E-state index contributed by atoms with van der Waals surface area (Å²) in [5, 5.41) is 2.45. The maximum atomic E-state index is 12.8. The Morgan fingerprint density at radius 1 is 0.667 bits per heavy atom. The molecule has 3 rings (SSSR count). The van der Waals surface area contributed by atoms with Gasteiger partial charge in [0.1, 0.15) is 5.82 Å². The van der Waals surface area contributed by atoms with E-state index in [-0.39, 0.29) is 5.82 Å². The Kier molecular flexibility index (Phi) is 2.81. The van der Waals surface area contributed by atoms with E-state index in [1.165, 1.54) is 22.9 Å². The Bertz CT molecular complexity index is 669. The van der Waals surface area contributed by atoms with E-state index >= 15 is 0 Å². The SMILES string of the molecule is Fc1ccc([CH]c2ccc3ccccc3c2)cc1. The minimum atomic E-state index is -0.203. The minimum Gasteiger partial charge on any atom is -0.207 e. The summed E-state index contributed by atoms with van der Waals surface area (Å²) < 4.78 is 12.8. The molecule has 0 fully saturated rings. The second-order valence-corrected chi connectivity index (χ2v) is 4.30. The number of halogens is 1. The molecular formula is C17H12F. The molecular weight excluding hydrogens is 223 g/mol. The molecule has 0 heterocycles. The Balaban J connectivity index is 1.92. The predicted molar refractivity (Wildman–Crippen MR) is 72.9 cm³/mol. The molecule has 0 aliphatic heterocycles. The molecule has 3 aromatic rings. The third-order valence-electron chi connectivity index (χ3n) is 2.98. The highest BCUT2D eigenvalue weighted by atomic mass is 19.1. The quantitative estimate of drug-likeness (QED) is 0.610. The summed E-state index contributed by atoms with van der Waals surface area (Å²) in [6.07, 6.45) is 2.05. The molecule has 1 heteroatoms. The van der Waals surface area contributed by atoms with Gasteiger partial charge in [-0.3, -0.25) is 0 Å². The number of rotatable bonds is 2. The van der Waals surface area contributed by atoms with Gasteiger partial charge in [0.05, 0.1) is 0 Å². The molecule has 3 aromatic carbocycles. The van der Waals surface area contributed by atoms with Crippen LogP contribution in [0.4, 0.5) is 4.39 Å². The van der Waals surface area contributed by atoms with Crippen molar-refractivity contribution in [3.8, 4) is 0 Å². The zero-order valence-electron chi connectivity index (χ0n) is 9.81. The third-order valence-corrected chi connectivity index (χ3v) is 2.98. The van der Waals surface area contributed by atoms with Crippen molar-refractivity contribution in [2.45, 2.75) is 0 Å². The fourth-order valence-electron chi connectivity index (χ4n) is 2.05. The molecule has 0 N–H and O–H groups in total. The van der Waals surface area contributed by atoms with Crippen LogP contribution in [0.1, 0.15) is 11.1 Å². The molecule has 0 bridgehead atoms. The van der Waals surface area contributed by atoms with Crippen LogP contribution in [0.3, 0.4) is 0 Å². The van der Waals surface area contributed by atoms with Gasteiger partial charge in [-0.2, -0.15) is 0 Å². The van der Waals surface area contributed by atoms with Crippen molar-refractivity contribution < 1.29 is 4.39 Å². The molecule has 0 saturated carbocycles. The zero-order chi connectivity index (χ0) is 12.4. The molecule has 18 heavy (non-hydrogen) atoms. The van der Waals surface area contributed by atoms with Crippen LogP contribution in [0.25, 0.3) is 10.8 Å². The average molecular weight is 235 g/mol. The summed E-state index contributed by atoms with van der Waals surface area (Å²) in [4.78, 5) is 0. The van der Waals surface area contributed by atoms with Crippen LogP contribution in [-0.4, -0.2) is 0 Å². The minimum absolute atomic E-state index is 0.203. The Morgan fingerprint density at radius 2 is 1.33 bits per heavy atom. The fraction of sp³-hybridized carbons (Fsp3) is 0. The van der Waals surface area contributed by atoms with E-state index in [1.54, 1.807) is 12.1 Å². The monoisotopic (exact) mass is 235 g/mol. The van der Waals surface area contributed by atoms with Gasteiger partial charge in [-0.25, -0.2) is 4.39 Å². The van der Waals surface area contributed by atoms with Crippen molar-refractivity contribution in [3.05, 3.63) is 90.1 Å². The van der Waals surface area contributed by atoms with Crippen LogP contribution in [0.15, 0.2) is 66.7 Å². The van der Waals surface area contributed by atoms with Gasteiger partial charge in [0.2, 0.25) is 0 Å². The van der Waals surface area contributed by atoms with E-state index in [1.807, 2.05) is 18.6 Å². The molecule has 0 aliphatic carbocycles. The second-order valence-electron chi connectivity index (χ2n) is 4.30. The van der Waals surface area contributed by atoms with Crippen molar-refractivity contribution in [1.82, 2.24) is 0 Å². The van der Waals surface area contributed by atoms with Gasteiger partial charge < -0.3 is 0 Å². The lowest BCUT2D eigenvalue weighted by molar-refractivity contribution is 0.627. The number of benzene rings is 3. The first-order chi connectivity index (χ1) is 8.81. The highest BCUT2D eigenvalue weighted by Crippen LogP contribution is 2.19. The molecule has 0 aromatic heterocycles. The highest BCUT2D eigenvalue weighted by molar-refractivity contribution is 5.83. The molecule has 0 amide bonds. The standard InChI is InChI=1S/C17H12F/c18-17-9-6-13(7-10-17)11-14-5-8-15-3-1-2-4-16(15)12-14/h1-12H. The van der Waals surface area contributed by atoms with E-state index in [4.69, 9.17) is 0 Å². The van der Waals surface area contributed by atoms with Crippen molar-refractivity contribution in [2.24, 2.45) is 0 Å². The average Bonchev–Trinajstić information content (AvgIpc) is 2.41. The van der Waals surface area contributed by atoms with Crippen LogP contribution < -0.4 is 0 Å². The van der Waals surface area contributed by atoms with Gasteiger partial charge in [0.25, 0.3) is 0 Å². The lowest BCUT2D eigenvalue weighted by Gasteiger charge is -2.04. The summed E-state index contributed by atoms with van der Waals surface area (Å²) in [5.74, 6) is -0.203. The molecule has 87 valence electrons. The normalized spacial score (nSPS) is 10.7. The smallest absolute Gasteiger partial charge is 0.123 e. The van der Waals surface area contributed by atoms with Crippen molar-refractivity contribution in [3.63, 3.8) is 0 Å². The molecule has 0 atom stereocenters. The molecule has 0 spiro atoms. The number of hydrogen-bond acceptors (Lipinski definition) is 0. The topological polar surface area (TPSA) is 0 Å². The maximum Gasteiger partial charge on any atom is 0.123 e. The van der Waals surface area contributed by atoms with Crippen molar-refractivity contribution >= 4 is 10.8 Å². The van der Waals surface area contributed by atoms with Gasteiger partial charge in [-0.05, 0) is 34.0 Å². The Labute approximate surface area is 106 Å². The first-order valence-electron chi connectivity index (χ1n) is 5.90. The van der Waals surface area contributed by atoms with Crippen LogP contribution >= 0.6 is 0 Å². The largest absolute Gasteiger partial charge is 0.207 e. The lowest BCUT2D eigenvalue weighted by Crippen LogP contribution is -1.86. The van der Waals surface area contributed by atoms with Gasteiger partial charge in [0.15, 0.2) is 0 Å². The predicted octanol–water partition coefficient (Wildman–Crippen LogP) is 4.58. The van der Waals surface area contributed by atoms with E-state index in [0.29, 0.717) is 0 Å². The number of fused-ring (bicyclic) bond motifs is 1. The summed E-state index contributed by atoms with van der Waals surface area (Å²) in [7, 11) is 0. The molecule has 0 unspecified atom stereocenters. The van der Waals surface area contributed by atoms with Crippen LogP contribution in [0.2, 0.25) is 0 Å². The van der Waals surface area contributed by atoms with Gasteiger partial charge in [0, 0.05) is 6.42 Å². The van der Waals surface area contributed by atoms with Gasteiger partial charge in [-0.15, -0.1) is 0 Å². The summed E-state index contributed by atoms with van der Waals surface area (Å²) in [6, 6.07) is 21.1. The first kappa shape index (κ1) is 11.0. The third kappa shape index (κ3) is 2.25. The van der Waals surface area contributed by atoms with E-state index in [9.17, 15) is 4.39 Å². The van der Waals surface area contributed by atoms with E-state index in [0.717, 1.165) is 11.1 Å². The van der Waals surface area contributed by atoms with Crippen molar-refractivity contribution in [1.29, 1.82) is 0 Å². The molecule has 0 saturated heterocycles. The highest BCUT2D eigenvalue weighted by Gasteiger charge is 1.99. The Morgan fingerprint density at radius 3 is 2.11 bits per heavy atom. The second kappa shape index (κ2) is 4.61. The van der Waals surface area contributed by atoms with E-state index < -0.39 is 0 Å². The van der Waals surface area contributed by atoms with Crippen molar-refractivity contribution in [2.75, 3.05) is 0 Å². The molecule has 0 nitrogen and oxygen atoms in total. The first-order valence-corrected chi connectivity index (χ1v) is 5.90. The van der Waals surface area contributed by atoms with E-state index in [2.05, 4.69) is 30.3 Å². The van der Waals surface area contributed by atoms with Crippen LogP contribution in [0.5, 0.6) is 0 Å². The zero-order valence-corrected chi connectivity index (χ0v) is 9.81. The van der Waals surface area contributed by atoms with Crippen LogP contribution in [-0.2, 0) is 0 Å². The number of hydrogen-bond donors (Lipinski definition) is 0. The Hall–Kier alpha value is -2.15. The van der Waals surface area contributed by atoms with Gasteiger partial charge >= 0.3 is 0 Å². The molecule has 1 radical (unpaired) electrons. The van der Waals surface area contributed by atoms with Crippen LogP contribution in [0, 0.1) is 12.2 Å². The lowest BCUT2D eigenvalue weighted by atomic mass is 10.0. The molecule has 0 aliphatic rings. The fourth-order valence-corrected chi connectivity index (χ4v) is 2.05. The summed E-state index contributed by atoms with van der Waals surface area (Å²) >= 11 is 0.